The Hall–Kier alpha value is -1.24. The Kier molecular flexibility index (Phi) is 8.19. The molecule has 18 heavy (non-hydrogen) atoms. The summed E-state index contributed by atoms with van der Waals surface area (Å²) in [6.07, 6.45) is 0.831. The topological polar surface area (TPSA) is 87.3 Å². The van der Waals surface area contributed by atoms with Crippen LogP contribution >= 0.6 is 12.6 Å². The van der Waals surface area contributed by atoms with Gasteiger partial charge >= 0.3 is 0 Å². The van der Waals surface area contributed by atoms with Crippen molar-refractivity contribution in [2.75, 3.05) is 12.3 Å². The molecule has 0 radical (unpaired) electrons. The predicted octanol–water partition coefficient (Wildman–Crippen LogP) is -0.548. The molecular formula is C11H21N3O3S. The third-order valence-corrected chi connectivity index (χ3v) is 2.54. The molecule has 0 saturated heterocycles. The molecule has 104 valence electrons. The molecule has 3 N–H and O–H groups in total. The average Bonchev–Trinajstić information content (AvgIpc) is 2.32. The van der Waals surface area contributed by atoms with Gasteiger partial charge in [0.25, 0.3) is 0 Å². The molecule has 0 fully saturated rings. The summed E-state index contributed by atoms with van der Waals surface area (Å²) >= 11 is 3.98. The number of nitrogens with one attached hydrogen (secondary N) is 3. The highest BCUT2D eigenvalue weighted by Crippen LogP contribution is 1.91. The summed E-state index contributed by atoms with van der Waals surface area (Å²) in [7, 11) is 0. The monoisotopic (exact) mass is 275 g/mol. The van der Waals surface area contributed by atoms with Crippen molar-refractivity contribution in [3.8, 4) is 0 Å². The van der Waals surface area contributed by atoms with Crippen molar-refractivity contribution in [1.82, 2.24) is 16.0 Å². The Bertz CT molecular complexity index is 310. The summed E-state index contributed by atoms with van der Waals surface area (Å²) in [5, 5.41) is 7.66. The number of amides is 3. The van der Waals surface area contributed by atoms with Crippen LogP contribution in [-0.2, 0) is 14.4 Å². The average molecular weight is 275 g/mol. The van der Waals surface area contributed by atoms with Crippen molar-refractivity contribution >= 4 is 30.4 Å². The van der Waals surface area contributed by atoms with Crippen molar-refractivity contribution in [1.29, 1.82) is 0 Å². The number of hydrogen-bond acceptors (Lipinski definition) is 4. The maximum atomic E-state index is 11.7. The van der Waals surface area contributed by atoms with Gasteiger partial charge in [0.05, 0.1) is 0 Å². The van der Waals surface area contributed by atoms with Gasteiger partial charge in [-0.2, -0.15) is 12.6 Å². The van der Waals surface area contributed by atoms with Crippen LogP contribution < -0.4 is 16.0 Å². The Morgan fingerprint density at radius 2 is 1.78 bits per heavy atom. The number of thiol groups is 1. The first-order valence-corrected chi connectivity index (χ1v) is 6.51. The van der Waals surface area contributed by atoms with Crippen molar-refractivity contribution in [3.05, 3.63) is 0 Å². The minimum absolute atomic E-state index is 0.175. The fourth-order valence-electron chi connectivity index (χ4n) is 1.22. The standard InChI is InChI=1S/C11H21N3O3S/c1-4-5-12-10(16)7(2)13-11(17)9(6-18)14-8(3)15/h7,9,18H,4-6H2,1-3H3,(H,12,16)(H,13,17)(H,14,15). The van der Waals surface area contributed by atoms with Crippen molar-refractivity contribution in [3.63, 3.8) is 0 Å². The van der Waals surface area contributed by atoms with E-state index in [4.69, 9.17) is 0 Å². The fourth-order valence-corrected chi connectivity index (χ4v) is 1.48. The first-order chi connectivity index (χ1) is 8.42. The van der Waals surface area contributed by atoms with Gasteiger partial charge < -0.3 is 16.0 Å². The number of rotatable bonds is 7. The number of carbonyl (C=O) groups is 3. The zero-order valence-electron chi connectivity index (χ0n) is 10.9. The highest BCUT2D eigenvalue weighted by molar-refractivity contribution is 7.80. The van der Waals surface area contributed by atoms with E-state index in [1.165, 1.54) is 6.92 Å². The molecule has 0 saturated carbocycles. The molecule has 0 aliphatic heterocycles. The summed E-state index contributed by atoms with van der Waals surface area (Å²) in [6, 6.07) is -1.37. The molecule has 6 nitrogen and oxygen atoms in total. The highest BCUT2D eigenvalue weighted by atomic mass is 32.1. The molecule has 0 rings (SSSR count). The van der Waals surface area contributed by atoms with Crippen LogP contribution in [-0.4, -0.2) is 42.1 Å². The molecule has 3 amide bonds. The maximum Gasteiger partial charge on any atom is 0.244 e. The first-order valence-electron chi connectivity index (χ1n) is 5.88. The number of carbonyl (C=O) groups excluding carboxylic acids is 3. The third kappa shape index (κ3) is 6.48. The molecule has 0 aromatic heterocycles. The van der Waals surface area contributed by atoms with Crippen LogP contribution in [0.25, 0.3) is 0 Å². The lowest BCUT2D eigenvalue weighted by Crippen LogP contribution is -2.53. The van der Waals surface area contributed by atoms with Gasteiger partial charge in [0, 0.05) is 19.2 Å². The lowest BCUT2D eigenvalue weighted by molar-refractivity contribution is -0.130. The van der Waals surface area contributed by atoms with Crippen molar-refractivity contribution < 1.29 is 14.4 Å². The van der Waals surface area contributed by atoms with E-state index in [1.54, 1.807) is 6.92 Å². The van der Waals surface area contributed by atoms with Crippen LogP contribution in [0.2, 0.25) is 0 Å². The van der Waals surface area contributed by atoms with Gasteiger partial charge in [-0.25, -0.2) is 0 Å². The molecule has 0 spiro atoms. The van der Waals surface area contributed by atoms with Gasteiger partial charge in [0.1, 0.15) is 12.1 Å². The molecule has 0 aliphatic rings. The zero-order chi connectivity index (χ0) is 14.1. The van der Waals surface area contributed by atoms with Gasteiger partial charge in [0.15, 0.2) is 0 Å². The van der Waals surface area contributed by atoms with Crippen LogP contribution in [0, 0.1) is 0 Å². The van der Waals surface area contributed by atoms with Crippen LogP contribution in [0.5, 0.6) is 0 Å². The molecule has 2 atom stereocenters. The van der Waals surface area contributed by atoms with Gasteiger partial charge in [0.2, 0.25) is 17.7 Å². The number of hydrogen-bond donors (Lipinski definition) is 4. The van der Waals surface area contributed by atoms with E-state index >= 15 is 0 Å². The second-order valence-corrected chi connectivity index (χ2v) is 4.32. The van der Waals surface area contributed by atoms with Gasteiger partial charge in [-0.15, -0.1) is 0 Å². The van der Waals surface area contributed by atoms with Gasteiger partial charge in [-0.1, -0.05) is 6.92 Å². The van der Waals surface area contributed by atoms with Crippen molar-refractivity contribution in [2.24, 2.45) is 0 Å². The molecule has 0 aliphatic carbocycles. The van der Waals surface area contributed by atoms with Gasteiger partial charge in [-0.05, 0) is 13.3 Å². The molecule has 0 heterocycles. The fraction of sp³-hybridized carbons (Fsp3) is 0.727. The summed E-state index contributed by atoms with van der Waals surface area (Å²) in [5.74, 6) is -0.799. The summed E-state index contributed by atoms with van der Waals surface area (Å²) in [4.78, 5) is 34.2. The van der Waals surface area contributed by atoms with Crippen LogP contribution in [0.15, 0.2) is 0 Å². The third-order valence-electron chi connectivity index (χ3n) is 2.18. The summed E-state index contributed by atoms with van der Waals surface area (Å²) < 4.78 is 0. The second kappa shape index (κ2) is 8.79. The van der Waals surface area contributed by atoms with E-state index in [0.717, 1.165) is 6.42 Å². The van der Waals surface area contributed by atoms with Crippen LogP contribution in [0.4, 0.5) is 0 Å². The Labute approximate surface area is 113 Å². The second-order valence-electron chi connectivity index (χ2n) is 3.96. The van der Waals surface area contributed by atoms with Crippen LogP contribution in [0.1, 0.15) is 27.2 Å². The SMILES string of the molecule is CCCNC(=O)C(C)NC(=O)C(CS)NC(C)=O. The molecule has 7 heteroatoms. The molecular weight excluding hydrogens is 254 g/mol. The smallest absolute Gasteiger partial charge is 0.244 e. The van der Waals surface area contributed by atoms with Gasteiger partial charge in [-0.3, -0.25) is 14.4 Å². The molecule has 2 unspecified atom stereocenters. The minimum atomic E-state index is -0.729. The largest absolute Gasteiger partial charge is 0.354 e. The Balaban J connectivity index is 4.26. The predicted molar refractivity (Wildman–Crippen MR) is 72.4 cm³/mol. The minimum Gasteiger partial charge on any atom is -0.354 e. The zero-order valence-corrected chi connectivity index (χ0v) is 11.8. The van der Waals surface area contributed by atoms with Crippen LogP contribution in [0.3, 0.4) is 0 Å². The molecule has 0 aromatic rings. The van der Waals surface area contributed by atoms with E-state index in [1.807, 2.05) is 6.92 Å². The quantitative estimate of drug-likeness (QED) is 0.470. The molecule has 0 aromatic carbocycles. The van der Waals surface area contributed by atoms with E-state index in [-0.39, 0.29) is 17.6 Å². The maximum absolute atomic E-state index is 11.7. The Morgan fingerprint density at radius 3 is 2.22 bits per heavy atom. The lowest BCUT2D eigenvalue weighted by atomic mass is 10.2. The normalized spacial score (nSPS) is 13.3. The summed E-state index contributed by atoms with van der Waals surface area (Å²) in [6.45, 7) is 5.42. The first kappa shape index (κ1) is 16.8. The van der Waals surface area contributed by atoms with E-state index in [2.05, 4.69) is 28.6 Å². The Morgan fingerprint density at radius 1 is 1.17 bits per heavy atom. The highest BCUT2D eigenvalue weighted by Gasteiger charge is 2.21. The van der Waals surface area contributed by atoms with Crippen molar-refractivity contribution in [2.45, 2.75) is 39.3 Å². The molecule has 0 bridgehead atoms. The van der Waals surface area contributed by atoms with E-state index in [9.17, 15) is 14.4 Å². The van der Waals surface area contributed by atoms with E-state index in [0.29, 0.717) is 6.54 Å². The lowest BCUT2D eigenvalue weighted by Gasteiger charge is -2.19. The summed E-state index contributed by atoms with van der Waals surface area (Å²) in [5.41, 5.74) is 0. The van der Waals surface area contributed by atoms with E-state index < -0.39 is 18.0 Å².